The minimum absolute atomic E-state index is 0.0716. The lowest BCUT2D eigenvalue weighted by Crippen LogP contribution is -1.77. The quantitative estimate of drug-likeness (QED) is 0.733. The van der Waals surface area contributed by atoms with Crippen LogP contribution in [0.2, 0.25) is 0 Å². The van der Waals surface area contributed by atoms with Crippen LogP contribution in [0.15, 0.2) is 37.1 Å². The van der Waals surface area contributed by atoms with Crippen molar-refractivity contribution in [2.24, 2.45) is 0 Å². The molecule has 0 aliphatic carbocycles. The molecule has 0 aromatic carbocycles. The molecule has 0 spiro atoms. The van der Waals surface area contributed by atoms with Crippen molar-refractivity contribution in [1.82, 2.24) is 14.4 Å². The summed E-state index contributed by atoms with van der Waals surface area (Å²) in [6.07, 6.45) is 7.17. The molecular weight excluding hydrogens is 222 g/mol. The molecule has 0 amide bonds. The molecule has 0 atom stereocenters. The molecule has 5 heteroatoms. The van der Waals surface area contributed by atoms with Gasteiger partial charge >= 0.3 is 0 Å². The Balaban J connectivity index is 2.20. The molecule has 3 aromatic rings. The van der Waals surface area contributed by atoms with Gasteiger partial charge in [-0.15, -0.1) is 11.3 Å². The fourth-order valence-corrected chi connectivity index (χ4v) is 2.58. The Morgan fingerprint density at radius 3 is 2.88 bits per heavy atom. The zero-order valence-corrected chi connectivity index (χ0v) is 9.18. The Bertz CT molecular complexity index is 614. The van der Waals surface area contributed by atoms with E-state index in [4.69, 9.17) is 5.11 Å². The van der Waals surface area contributed by atoms with Gasteiger partial charge in [0.15, 0.2) is 0 Å². The van der Waals surface area contributed by atoms with Crippen LogP contribution < -0.4 is 0 Å². The SMILES string of the molecule is OCc1cn2cnc(-c3ccncc3)c2s1. The second-order valence-corrected chi connectivity index (χ2v) is 4.51. The zero-order valence-electron chi connectivity index (χ0n) is 8.37. The number of pyridine rings is 1. The maximum atomic E-state index is 9.09. The van der Waals surface area contributed by atoms with Crippen LogP contribution in [0.5, 0.6) is 0 Å². The van der Waals surface area contributed by atoms with Crippen LogP contribution in [0.4, 0.5) is 0 Å². The lowest BCUT2D eigenvalue weighted by atomic mass is 10.2. The van der Waals surface area contributed by atoms with Gasteiger partial charge in [-0.1, -0.05) is 0 Å². The van der Waals surface area contributed by atoms with Crippen LogP contribution in [0, 0.1) is 0 Å². The molecule has 16 heavy (non-hydrogen) atoms. The fourth-order valence-electron chi connectivity index (χ4n) is 1.63. The Kier molecular flexibility index (Phi) is 2.19. The molecule has 0 bridgehead atoms. The Morgan fingerprint density at radius 2 is 2.12 bits per heavy atom. The van der Waals surface area contributed by atoms with Gasteiger partial charge in [-0.3, -0.25) is 9.38 Å². The highest BCUT2D eigenvalue weighted by molar-refractivity contribution is 7.17. The molecule has 0 saturated carbocycles. The highest BCUT2D eigenvalue weighted by Crippen LogP contribution is 2.28. The number of aliphatic hydroxyl groups is 1. The van der Waals surface area contributed by atoms with Gasteiger partial charge in [-0.05, 0) is 12.1 Å². The summed E-state index contributed by atoms with van der Waals surface area (Å²) >= 11 is 1.56. The van der Waals surface area contributed by atoms with Gasteiger partial charge in [0.05, 0.1) is 6.61 Å². The van der Waals surface area contributed by atoms with E-state index in [1.54, 1.807) is 30.1 Å². The van der Waals surface area contributed by atoms with Gasteiger partial charge in [0.25, 0.3) is 0 Å². The number of hydrogen-bond acceptors (Lipinski definition) is 4. The Hall–Kier alpha value is -1.72. The van der Waals surface area contributed by atoms with Crippen LogP contribution >= 0.6 is 11.3 Å². The number of nitrogens with zero attached hydrogens (tertiary/aromatic N) is 3. The van der Waals surface area contributed by atoms with Gasteiger partial charge < -0.3 is 5.11 Å². The second kappa shape index (κ2) is 3.70. The number of thiazole rings is 1. The molecule has 80 valence electrons. The minimum atomic E-state index is 0.0716. The average Bonchev–Trinajstić information content (AvgIpc) is 2.88. The van der Waals surface area contributed by atoms with E-state index in [2.05, 4.69) is 9.97 Å². The third kappa shape index (κ3) is 1.41. The molecule has 0 unspecified atom stereocenters. The molecule has 0 saturated heterocycles. The van der Waals surface area contributed by atoms with Gasteiger partial charge in [0.1, 0.15) is 16.9 Å². The molecule has 1 N–H and O–H groups in total. The second-order valence-electron chi connectivity index (χ2n) is 3.40. The Labute approximate surface area is 95.8 Å². The predicted molar refractivity (Wildman–Crippen MR) is 62.2 cm³/mol. The molecule has 3 heterocycles. The van der Waals surface area contributed by atoms with Crippen molar-refractivity contribution >= 4 is 16.2 Å². The summed E-state index contributed by atoms with van der Waals surface area (Å²) in [5.41, 5.74) is 1.98. The van der Waals surface area contributed by atoms with Crippen molar-refractivity contribution in [2.45, 2.75) is 6.61 Å². The molecule has 3 aromatic heterocycles. The number of rotatable bonds is 2. The zero-order chi connectivity index (χ0) is 11.0. The van der Waals surface area contributed by atoms with E-state index in [-0.39, 0.29) is 6.61 Å². The van der Waals surface area contributed by atoms with Gasteiger partial charge in [0, 0.05) is 29.0 Å². The summed E-state index contributed by atoms with van der Waals surface area (Å²) in [6, 6.07) is 3.86. The Morgan fingerprint density at radius 1 is 1.31 bits per heavy atom. The molecule has 4 nitrogen and oxygen atoms in total. The summed E-state index contributed by atoms with van der Waals surface area (Å²) in [5.74, 6) is 0. The largest absolute Gasteiger partial charge is 0.391 e. The smallest absolute Gasteiger partial charge is 0.127 e. The van der Waals surface area contributed by atoms with Crippen molar-refractivity contribution in [3.05, 3.63) is 41.9 Å². The number of imidazole rings is 1. The molecule has 0 radical (unpaired) electrons. The van der Waals surface area contributed by atoms with E-state index in [0.717, 1.165) is 21.0 Å². The van der Waals surface area contributed by atoms with Gasteiger partial charge in [-0.25, -0.2) is 4.98 Å². The maximum absolute atomic E-state index is 9.09. The molecule has 3 rings (SSSR count). The number of fused-ring (bicyclic) bond motifs is 1. The van der Waals surface area contributed by atoms with E-state index in [1.807, 2.05) is 22.7 Å². The monoisotopic (exact) mass is 231 g/mol. The van der Waals surface area contributed by atoms with E-state index >= 15 is 0 Å². The van der Waals surface area contributed by atoms with Crippen LogP contribution in [-0.2, 0) is 6.61 Å². The van der Waals surface area contributed by atoms with Crippen LogP contribution in [0.25, 0.3) is 16.1 Å². The van der Waals surface area contributed by atoms with Crippen molar-refractivity contribution < 1.29 is 5.11 Å². The normalized spacial score (nSPS) is 11.1. The summed E-state index contributed by atoms with van der Waals surface area (Å²) in [6.45, 7) is 0.0716. The molecule has 0 aliphatic heterocycles. The first-order chi connectivity index (χ1) is 7.88. The summed E-state index contributed by atoms with van der Waals surface area (Å²) in [7, 11) is 0. The third-order valence-electron chi connectivity index (χ3n) is 2.37. The fraction of sp³-hybridized carbons (Fsp3) is 0.0909. The highest BCUT2D eigenvalue weighted by atomic mass is 32.1. The first-order valence-electron chi connectivity index (χ1n) is 4.85. The first kappa shape index (κ1) is 9.50. The van der Waals surface area contributed by atoms with Crippen molar-refractivity contribution in [2.75, 3.05) is 0 Å². The van der Waals surface area contributed by atoms with Gasteiger partial charge in [0.2, 0.25) is 0 Å². The van der Waals surface area contributed by atoms with E-state index in [9.17, 15) is 0 Å². The van der Waals surface area contributed by atoms with Crippen molar-refractivity contribution in [1.29, 1.82) is 0 Å². The van der Waals surface area contributed by atoms with E-state index < -0.39 is 0 Å². The van der Waals surface area contributed by atoms with Crippen LogP contribution in [0.3, 0.4) is 0 Å². The lowest BCUT2D eigenvalue weighted by molar-refractivity contribution is 0.285. The van der Waals surface area contributed by atoms with E-state index in [1.165, 1.54) is 0 Å². The summed E-state index contributed by atoms with van der Waals surface area (Å²) in [4.78, 5) is 10.3. The lowest BCUT2D eigenvalue weighted by Gasteiger charge is -1.94. The first-order valence-corrected chi connectivity index (χ1v) is 5.67. The van der Waals surface area contributed by atoms with Gasteiger partial charge in [-0.2, -0.15) is 0 Å². The third-order valence-corrected chi connectivity index (χ3v) is 3.46. The van der Waals surface area contributed by atoms with E-state index in [0.29, 0.717) is 0 Å². The van der Waals surface area contributed by atoms with Crippen molar-refractivity contribution in [3.63, 3.8) is 0 Å². The number of aliphatic hydroxyl groups excluding tert-OH is 1. The number of aromatic nitrogens is 3. The highest BCUT2D eigenvalue weighted by Gasteiger charge is 2.09. The number of hydrogen-bond donors (Lipinski definition) is 1. The van der Waals surface area contributed by atoms with Crippen LogP contribution in [0.1, 0.15) is 4.88 Å². The predicted octanol–water partition coefficient (Wildman–Crippen LogP) is 1.95. The average molecular weight is 231 g/mol. The van der Waals surface area contributed by atoms with Crippen molar-refractivity contribution in [3.8, 4) is 11.3 Å². The minimum Gasteiger partial charge on any atom is -0.391 e. The molecule has 0 fully saturated rings. The summed E-state index contributed by atoms with van der Waals surface area (Å²) < 4.78 is 1.94. The van der Waals surface area contributed by atoms with Crippen LogP contribution in [-0.4, -0.2) is 19.5 Å². The topological polar surface area (TPSA) is 50.4 Å². The standard InChI is InChI=1S/C11H9N3OS/c15-6-9-5-14-7-13-10(11(14)16-9)8-1-3-12-4-2-8/h1-5,7,15H,6H2. The molecular formula is C11H9N3OS. The molecule has 0 aliphatic rings. The summed E-state index contributed by atoms with van der Waals surface area (Å²) in [5, 5.41) is 9.09. The maximum Gasteiger partial charge on any atom is 0.127 e.